The fraction of sp³-hybridized carbons (Fsp3) is 0.273. The number of fused-ring (bicyclic) bond motifs is 1. The van der Waals surface area contributed by atoms with Crippen LogP contribution in [0, 0.1) is 6.92 Å². The van der Waals surface area contributed by atoms with Crippen molar-refractivity contribution >= 4 is 37.4 Å². The molecule has 1 heterocycles. The maximum atomic E-state index is 5.24. The second-order valence-electron chi connectivity index (χ2n) is 3.18. The second kappa shape index (κ2) is 3.91. The Morgan fingerprint density at radius 2 is 2.21 bits per heavy atom. The standard InChI is InChI=1S/C11H11BrOS/c1-7-3-4-8-5-10(13-2)14-11(8)9(7)6-12/h3-5H,6H2,1-2H3. The molecule has 0 saturated carbocycles. The lowest BCUT2D eigenvalue weighted by atomic mass is 10.1. The van der Waals surface area contributed by atoms with Crippen LogP contribution in [0.5, 0.6) is 5.06 Å². The minimum Gasteiger partial charge on any atom is -0.487 e. The zero-order valence-corrected chi connectivity index (χ0v) is 10.5. The van der Waals surface area contributed by atoms with E-state index in [0.29, 0.717) is 0 Å². The average molecular weight is 271 g/mol. The molecule has 0 aliphatic heterocycles. The smallest absolute Gasteiger partial charge is 0.174 e. The van der Waals surface area contributed by atoms with Gasteiger partial charge in [-0.15, -0.1) is 0 Å². The van der Waals surface area contributed by atoms with E-state index in [0.717, 1.165) is 10.4 Å². The van der Waals surface area contributed by atoms with Crippen molar-refractivity contribution in [1.29, 1.82) is 0 Å². The van der Waals surface area contributed by atoms with Crippen LogP contribution in [0.15, 0.2) is 18.2 Å². The summed E-state index contributed by atoms with van der Waals surface area (Å²) >= 11 is 5.24. The van der Waals surface area contributed by atoms with Gasteiger partial charge in [0.2, 0.25) is 0 Å². The van der Waals surface area contributed by atoms with Gasteiger partial charge in [0.05, 0.1) is 7.11 Å². The molecule has 0 amide bonds. The highest BCUT2D eigenvalue weighted by atomic mass is 79.9. The number of ether oxygens (including phenoxy) is 1. The van der Waals surface area contributed by atoms with Crippen molar-refractivity contribution in [1.82, 2.24) is 0 Å². The highest BCUT2D eigenvalue weighted by Gasteiger charge is 2.07. The Kier molecular flexibility index (Phi) is 2.79. The summed E-state index contributed by atoms with van der Waals surface area (Å²) in [6.45, 7) is 2.14. The zero-order valence-electron chi connectivity index (χ0n) is 8.13. The molecule has 0 unspecified atom stereocenters. The van der Waals surface area contributed by atoms with Crippen LogP contribution in [0.1, 0.15) is 11.1 Å². The molecule has 14 heavy (non-hydrogen) atoms. The molecule has 0 saturated heterocycles. The van der Waals surface area contributed by atoms with Crippen LogP contribution in [-0.4, -0.2) is 7.11 Å². The number of benzene rings is 1. The molecule has 0 bridgehead atoms. The first-order chi connectivity index (χ1) is 6.76. The monoisotopic (exact) mass is 270 g/mol. The molecule has 1 nitrogen and oxygen atoms in total. The minimum atomic E-state index is 0.903. The fourth-order valence-electron chi connectivity index (χ4n) is 1.50. The molecule has 0 N–H and O–H groups in total. The maximum Gasteiger partial charge on any atom is 0.174 e. The van der Waals surface area contributed by atoms with Crippen molar-refractivity contribution in [2.75, 3.05) is 7.11 Å². The number of thiophene rings is 1. The largest absolute Gasteiger partial charge is 0.487 e. The molecule has 2 aromatic rings. The van der Waals surface area contributed by atoms with Crippen LogP contribution in [0.25, 0.3) is 10.1 Å². The Balaban J connectivity index is 2.73. The Hall–Kier alpha value is -0.540. The van der Waals surface area contributed by atoms with E-state index < -0.39 is 0 Å². The number of aryl methyl sites for hydroxylation is 1. The van der Waals surface area contributed by atoms with E-state index in [1.54, 1.807) is 18.4 Å². The van der Waals surface area contributed by atoms with E-state index in [1.807, 2.05) is 0 Å². The average Bonchev–Trinajstić information content (AvgIpc) is 2.60. The predicted molar refractivity (Wildman–Crippen MR) is 65.7 cm³/mol. The molecule has 0 fully saturated rings. The number of hydrogen-bond donors (Lipinski definition) is 0. The Morgan fingerprint density at radius 1 is 1.43 bits per heavy atom. The molecule has 0 aliphatic rings. The number of halogens is 1. The SMILES string of the molecule is COc1cc2ccc(C)c(CBr)c2s1. The van der Waals surface area contributed by atoms with Gasteiger partial charge in [0.25, 0.3) is 0 Å². The van der Waals surface area contributed by atoms with Crippen molar-refractivity contribution < 1.29 is 4.74 Å². The lowest BCUT2D eigenvalue weighted by Crippen LogP contribution is -1.83. The molecule has 0 atom stereocenters. The van der Waals surface area contributed by atoms with E-state index in [1.165, 1.54) is 21.2 Å². The topological polar surface area (TPSA) is 9.23 Å². The summed E-state index contributed by atoms with van der Waals surface area (Å²) in [4.78, 5) is 0. The Morgan fingerprint density at radius 3 is 2.86 bits per heavy atom. The summed E-state index contributed by atoms with van der Waals surface area (Å²) in [7, 11) is 1.71. The summed E-state index contributed by atoms with van der Waals surface area (Å²) < 4.78 is 6.57. The molecular weight excluding hydrogens is 260 g/mol. The van der Waals surface area contributed by atoms with Gasteiger partial charge in [0.1, 0.15) is 0 Å². The van der Waals surface area contributed by atoms with E-state index in [9.17, 15) is 0 Å². The summed E-state index contributed by atoms with van der Waals surface area (Å²) in [5.41, 5.74) is 2.70. The lowest BCUT2D eigenvalue weighted by molar-refractivity contribution is 0.427. The number of hydrogen-bond acceptors (Lipinski definition) is 2. The third-order valence-electron chi connectivity index (χ3n) is 2.34. The highest BCUT2D eigenvalue weighted by molar-refractivity contribution is 9.08. The van der Waals surface area contributed by atoms with Crippen molar-refractivity contribution in [3.05, 3.63) is 29.3 Å². The lowest BCUT2D eigenvalue weighted by Gasteiger charge is -2.02. The molecule has 2 rings (SSSR count). The number of rotatable bonds is 2. The maximum absolute atomic E-state index is 5.24. The van der Waals surface area contributed by atoms with Gasteiger partial charge in [-0.1, -0.05) is 39.4 Å². The summed E-state index contributed by atoms with van der Waals surface area (Å²) in [6, 6.07) is 6.40. The molecule has 74 valence electrons. The summed E-state index contributed by atoms with van der Waals surface area (Å²) in [6.07, 6.45) is 0. The van der Waals surface area contributed by atoms with Crippen LogP contribution in [0.4, 0.5) is 0 Å². The predicted octanol–water partition coefficient (Wildman–Crippen LogP) is 4.11. The van der Waals surface area contributed by atoms with Gasteiger partial charge < -0.3 is 4.74 Å². The van der Waals surface area contributed by atoms with Crippen molar-refractivity contribution in [3.63, 3.8) is 0 Å². The van der Waals surface area contributed by atoms with E-state index in [-0.39, 0.29) is 0 Å². The van der Waals surface area contributed by atoms with Crippen molar-refractivity contribution in [3.8, 4) is 5.06 Å². The highest BCUT2D eigenvalue weighted by Crippen LogP contribution is 2.35. The van der Waals surface area contributed by atoms with Gasteiger partial charge in [-0.3, -0.25) is 0 Å². The molecule has 1 aromatic carbocycles. The Labute approximate surface area is 95.8 Å². The summed E-state index contributed by atoms with van der Waals surface area (Å²) in [5.74, 6) is 0. The van der Waals surface area contributed by atoms with E-state index in [2.05, 4.69) is 41.1 Å². The Bertz CT molecular complexity index is 462. The third-order valence-corrected chi connectivity index (χ3v) is 4.07. The van der Waals surface area contributed by atoms with Gasteiger partial charge >= 0.3 is 0 Å². The minimum absolute atomic E-state index is 0.903. The van der Waals surface area contributed by atoms with Gasteiger partial charge in [-0.25, -0.2) is 0 Å². The molecule has 0 spiro atoms. The van der Waals surface area contributed by atoms with Gasteiger partial charge in [0, 0.05) is 10.0 Å². The summed E-state index contributed by atoms with van der Waals surface area (Å²) in [5, 5.41) is 3.15. The number of methoxy groups -OCH3 is 1. The first-order valence-electron chi connectivity index (χ1n) is 4.38. The van der Waals surface area contributed by atoms with E-state index >= 15 is 0 Å². The van der Waals surface area contributed by atoms with Crippen LogP contribution in [-0.2, 0) is 5.33 Å². The first-order valence-corrected chi connectivity index (χ1v) is 6.32. The normalized spacial score (nSPS) is 10.8. The van der Waals surface area contributed by atoms with Gasteiger partial charge in [-0.05, 0) is 29.5 Å². The van der Waals surface area contributed by atoms with Gasteiger partial charge in [-0.2, -0.15) is 0 Å². The van der Waals surface area contributed by atoms with Crippen LogP contribution in [0.3, 0.4) is 0 Å². The fourth-order valence-corrected chi connectivity index (χ4v) is 3.48. The molecule has 0 aliphatic carbocycles. The van der Waals surface area contributed by atoms with Crippen LogP contribution < -0.4 is 4.74 Å². The third kappa shape index (κ3) is 1.55. The second-order valence-corrected chi connectivity index (χ2v) is 4.76. The van der Waals surface area contributed by atoms with Crippen LogP contribution in [0.2, 0.25) is 0 Å². The molecule has 1 aromatic heterocycles. The van der Waals surface area contributed by atoms with Crippen molar-refractivity contribution in [2.45, 2.75) is 12.3 Å². The zero-order chi connectivity index (χ0) is 10.1. The number of alkyl halides is 1. The quantitative estimate of drug-likeness (QED) is 0.747. The molecule has 0 radical (unpaired) electrons. The van der Waals surface area contributed by atoms with E-state index in [4.69, 9.17) is 4.74 Å². The first kappa shape index (κ1) is 9.99. The van der Waals surface area contributed by atoms with Crippen molar-refractivity contribution in [2.24, 2.45) is 0 Å². The van der Waals surface area contributed by atoms with Crippen LogP contribution >= 0.6 is 27.3 Å². The van der Waals surface area contributed by atoms with Gasteiger partial charge in [0.15, 0.2) is 5.06 Å². The molecular formula is C11H11BrOS. The molecule has 3 heteroatoms.